The third kappa shape index (κ3) is 6.02. The molecule has 1 N–H and O–H groups in total. The maximum Gasteiger partial charge on any atom is 0.416 e. The molecule has 0 spiro atoms. The molecular weight excluding hydrogens is 505 g/mol. The summed E-state index contributed by atoms with van der Waals surface area (Å²) in [5.41, 5.74) is 1.90. The van der Waals surface area contributed by atoms with E-state index in [4.69, 9.17) is 31.2 Å². The summed E-state index contributed by atoms with van der Waals surface area (Å²) in [6.07, 6.45) is -3.79. The van der Waals surface area contributed by atoms with Crippen LogP contribution in [0, 0.1) is 0 Å². The summed E-state index contributed by atoms with van der Waals surface area (Å²) >= 11 is 5.77. The number of hydrogen-bond donors (Lipinski definition) is 1. The van der Waals surface area contributed by atoms with Crippen molar-refractivity contribution in [1.82, 2.24) is 4.90 Å². The molecule has 4 rings (SSSR count). The number of benzene rings is 3. The number of rotatable bonds is 7. The van der Waals surface area contributed by atoms with Gasteiger partial charge in [-0.25, -0.2) is 0 Å². The molecule has 3 aromatic carbocycles. The molecule has 0 fully saturated rings. The van der Waals surface area contributed by atoms with Gasteiger partial charge in [0.2, 0.25) is 0 Å². The number of halogens is 3. The number of methoxy groups -OCH3 is 3. The van der Waals surface area contributed by atoms with E-state index in [-0.39, 0.29) is 12.4 Å². The van der Waals surface area contributed by atoms with Crippen molar-refractivity contribution in [3.8, 4) is 23.0 Å². The molecule has 1 heterocycles. The zero-order chi connectivity index (χ0) is 26.6. The van der Waals surface area contributed by atoms with E-state index in [0.717, 1.165) is 28.9 Å². The monoisotopic (exact) mass is 532 g/mol. The van der Waals surface area contributed by atoms with E-state index in [2.05, 4.69) is 5.32 Å². The molecule has 3 aromatic rings. The summed E-state index contributed by atoms with van der Waals surface area (Å²) in [6, 6.07) is 15.6. The van der Waals surface area contributed by atoms with Crippen LogP contribution in [0.3, 0.4) is 0 Å². The van der Waals surface area contributed by atoms with Crippen LogP contribution in [0.2, 0.25) is 0 Å². The number of anilines is 1. The largest absolute Gasteiger partial charge is 0.497 e. The van der Waals surface area contributed by atoms with E-state index in [1.807, 2.05) is 41.3 Å². The minimum Gasteiger partial charge on any atom is -0.497 e. The van der Waals surface area contributed by atoms with Gasteiger partial charge in [0.05, 0.1) is 32.9 Å². The topological polar surface area (TPSA) is 52.2 Å². The predicted molar refractivity (Wildman–Crippen MR) is 139 cm³/mol. The summed E-state index contributed by atoms with van der Waals surface area (Å²) in [5, 5.41) is 3.69. The van der Waals surface area contributed by atoms with Gasteiger partial charge in [0.25, 0.3) is 0 Å². The number of fused-ring (bicyclic) bond motifs is 1. The van der Waals surface area contributed by atoms with Crippen LogP contribution in [0.25, 0.3) is 0 Å². The molecule has 37 heavy (non-hydrogen) atoms. The van der Waals surface area contributed by atoms with Crippen LogP contribution < -0.4 is 24.3 Å². The summed E-state index contributed by atoms with van der Waals surface area (Å²) < 4.78 is 61.8. The average molecular weight is 533 g/mol. The zero-order valence-electron chi connectivity index (χ0n) is 20.6. The second-order valence-electron chi connectivity index (χ2n) is 8.36. The standard InChI is InChI=1S/C27H27F3N2O4S/c1-33-20-8-5-7-19(14-20)31-26(37)32-11-10-17-12-24(34-2)25(35-3)15-22(17)23(32)16-36-21-9-4-6-18(13-21)27(28,29)30/h4-9,12-15,23H,10-11,16H2,1-3H3,(H,31,37). The van der Waals surface area contributed by atoms with Crippen LogP contribution in [-0.2, 0) is 12.6 Å². The van der Waals surface area contributed by atoms with E-state index in [1.54, 1.807) is 21.3 Å². The van der Waals surface area contributed by atoms with Gasteiger partial charge in [0.1, 0.15) is 18.1 Å². The van der Waals surface area contributed by atoms with Gasteiger partial charge in [0, 0.05) is 18.3 Å². The van der Waals surface area contributed by atoms with Crippen molar-refractivity contribution in [2.75, 3.05) is 39.8 Å². The Balaban J connectivity index is 1.65. The highest BCUT2D eigenvalue weighted by molar-refractivity contribution is 7.80. The molecule has 0 saturated carbocycles. The number of thiocarbonyl (C=S) groups is 1. The lowest BCUT2D eigenvalue weighted by Crippen LogP contribution is -2.44. The first-order valence-electron chi connectivity index (χ1n) is 11.5. The highest BCUT2D eigenvalue weighted by atomic mass is 32.1. The fourth-order valence-corrected chi connectivity index (χ4v) is 4.62. The summed E-state index contributed by atoms with van der Waals surface area (Å²) in [4.78, 5) is 1.97. The molecule has 1 atom stereocenters. The highest BCUT2D eigenvalue weighted by Gasteiger charge is 2.33. The normalized spacial score (nSPS) is 15.0. The zero-order valence-corrected chi connectivity index (χ0v) is 21.4. The van der Waals surface area contributed by atoms with Crippen LogP contribution >= 0.6 is 12.2 Å². The molecule has 0 aromatic heterocycles. The van der Waals surface area contributed by atoms with E-state index >= 15 is 0 Å². The molecule has 0 radical (unpaired) electrons. The fourth-order valence-electron chi connectivity index (χ4n) is 4.28. The number of ether oxygens (including phenoxy) is 4. The number of nitrogens with zero attached hydrogens (tertiary/aromatic N) is 1. The average Bonchev–Trinajstić information content (AvgIpc) is 2.90. The third-order valence-corrected chi connectivity index (χ3v) is 6.49. The minimum atomic E-state index is -4.46. The minimum absolute atomic E-state index is 0.0593. The first kappa shape index (κ1) is 26.4. The van der Waals surface area contributed by atoms with E-state index in [1.165, 1.54) is 12.1 Å². The summed E-state index contributed by atoms with van der Waals surface area (Å²) in [7, 11) is 4.70. The van der Waals surface area contributed by atoms with Gasteiger partial charge < -0.3 is 29.2 Å². The van der Waals surface area contributed by atoms with Crippen molar-refractivity contribution >= 4 is 23.0 Å². The molecular formula is C27H27F3N2O4S. The van der Waals surface area contributed by atoms with Gasteiger partial charge >= 0.3 is 6.18 Å². The van der Waals surface area contributed by atoms with Crippen molar-refractivity contribution in [2.45, 2.75) is 18.6 Å². The number of alkyl halides is 3. The van der Waals surface area contributed by atoms with Gasteiger partial charge in [-0.05, 0) is 72.2 Å². The first-order chi connectivity index (χ1) is 17.7. The molecule has 0 aliphatic carbocycles. The van der Waals surface area contributed by atoms with Crippen LogP contribution in [0.1, 0.15) is 22.7 Å². The van der Waals surface area contributed by atoms with Crippen molar-refractivity contribution in [2.24, 2.45) is 0 Å². The van der Waals surface area contributed by atoms with E-state index < -0.39 is 17.8 Å². The molecule has 1 aliphatic heterocycles. The van der Waals surface area contributed by atoms with Gasteiger partial charge in [0.15, 0.2) is 16.6 Å². The maximum absolute atomic E-state index is 13.2. The molecule has 0 saturated heterocycles. The number of hydrogen-bond acceptors (Lipinski definition) is 5. The van der Waals surface area contributed by atoms with Crippen LogP contribution in [0.5, 0.6) is 23.0 Å². The van der Waals surface area contributed by atoms with Gasteiger partial charge in [-0.3, -0.25) is 0 Å². The molecule has 0 amide bonds. The summed E-state index contributed by atoms with van der Waals surface area (Å²) in [6.45, 7) is 0.624. The molecule has 1 aliphatic rings. The smallest absolute Gasteiger partial charge is 0.416 e. The lowest BCUT2D eigenvalue weighted by molar-refractivity contribution is -0.137. The van der Waals surface area contributed by atoms with Crippen LogP contribution in [0.4, 0.5) is 18.9 Å². The Hall–Kier alpha value is -3.66. The Morgan fingerprint density at radius 3 is 2.35 bits per heavy atom. The Morgan fingerprint density at radius 2 is 1.65 bits per heavy atom. The second kappa shape index (κ2) is 11.2. The van der Waals surface area contributed by atoms with E-state index in [9.17, 15) is 13.2 Å². The maximum atomic E-state index is 13.2. The first-order valence-corrected chi connectivity index (χ1v) is 11.9. The van der Waals surface area contributed by atoms with Crippen molar-refractivity contribution in [3.63, 3.8) is 0 Å². The van der Waals surface area contributed by atoms with Crippen LogP contribution in [0.15, 0.2) is 60.7 Å². The van der Waals surface area contributed by atoms with Crippen molar-refractivity contribution in [1.29, 1.82) is 0 Å². The summed E-state index contributed by atoms with van der Waals surface area (Å²) in [5.74, 6) is 1.94. The highest BCUT2D eigenvalue weighted by Crippen LogP contribution is 2.39. The van der Waals surface area contributed by atoms with E-state index in [0.29, 0.717) is 35.3 Å². The third-order valence-electron chi connectivity index (χ3n) is 6.15. The molecule has 0 bridgehead atoms. The Kier molecular flexibility index (Phi) is 7.97. The Labute approximate surface area is 218 Å². The molecule has 6 nitrogen and oxygen atoms in total. The van der Waals surface area contributed by atoms with Crippen LogP contribution in [-0.4, -0.2) is 44.5 Å². The van der Waals surface area contributed by atoms with Gasteiger partial charge in [-0.2, -0.15) is 13.2 Å². The van der Waals surface area contributed by atoms with Gasteiger partial charge in [-0.1, -0.05) is 12.1 Å². The molecule has 10 heteroatoms. The quantitative estimate of drug-likeness (QED) is 0.369. The fraction of sp³-hybridized carbons (Fsp3) is 0.296. The molecule has 1 unspecified atom stereocenters. The SMILES string of the molecule is COc1cccc(NC(=S)N2CCc3cc(OC)c(OC)cc3C2COc2cccc(C(F)(F)F)c2)c1. The molecule has 196 valence electrons. The predicted octanol–water partition coefficient (Wildman–Crippen LogP) is 6.11. The lowest BCUT2D eigenvalue weighted by Gasteiger charge is -2.39. The number of nitrogens with one attached hydrogen (secondary N) is 1. The van der Waals surface area contributed by atoms with Crippen molar-refractivity contribution in [3.05, 3.63) is 77.4 Å². The van der Waals surface area contributed by atoms with Crippen molar-refractivity contribution < 1.29 is 32.1 Å². The second-order valence-corrected chi connectivity index (χ2v) is 8.75. The Morgan fingerprint density at radius 1 is 0.946 bits per heavy atom. The lowest BCUT2D eigenvalue weighted by atomic mass is 9.92. The van der Waals surface area contributed by atoms with Gasteiger partial charge in [-0.15, -0.1) is 0 Å². The Bertz CT molecular complexity index is 1270.